The maximum absolute atomic E-state index is 12.6. The highest BCUT2D eigenvalue weighted by atomic mass is 16.3. The number of carbonyl (C=O) groups excluding carboxylic acids is 1. The zero-order valence-electron chi connectivity index (χ0n) is 15.9. The number of anilines is 1. The molecule has 0 spiro atoms. The summed E-state index contributed by atoms with van der Waals surface area (Å²) in [6, 6.07) is 6.84. The van der Waals surface area contributed by atoms with Gasteiger partial charge in [0.1, 0.15) is 6.04 Å². The zero-order valence-corrected chi connectivity index (χ0v) is 15.9. The van der Waals surface area contributed by atoms with Crippen LogP contribution in [-0.2, 0) is 4.79 Å². The molecule has 0 bridgehead atoms. The van der Waals surface area contributed by atoms with Crippen LogP contribution in [0, 0.1) is 0 Å². The van der Waals surface area contributed by atoms with Crippen LogP contribution in [0.1, 0.15) is 58.6 Å². The number of para-hydroxylation sites is 1. The predicted molar refractivity (Wildman–Crippen MR) is 104 cm³/mol. The van der Waals surface area contributed by atoms with Crippen LogP contribution in [0.5, 0.6) is 0 Å². The third-order valence-corrected chi connectivity index (χ3v) is 4.22. The molecular formula is C20H33N3O2. The number of aliphatic hydroxyl groups is 1. The van der Waals surface area contributed by atoms with Crippen molar-refractivity contribution < 1.29 is 9.90 Å². The Morgan fingerprint density at radius 3 is 2.64 bits per heavy atom. The van der Waals surface area contributed by atoms with Crippen molar-refractivity contribution in [3.8, 4) is 0 Å². The second kappa shape index (κ2) is 10.2. The van der Waals surface area contributed by atoms with Crippen molar-refractivity contribution in [2.75, 3.05) is 18.5 Å². The number of amides is 1. The van der Waals surface area contributed by atoms with Crippen molar-refractivity contribution in [1.82, 2.24) is 5.32 Å². The third kappa shape index (κ3) is 6.18. The predicted octanol–water partition coefficient (Wildman–Crippen LogP) is 3.12. The topological polar surface area (TPSA) is 87.4 Å². The molecule has 1 aliphatic rings. The van der Waals surface area contributed by atoms with Gasteiger partial charge in [-0.2, -0.15) is 0 Å². The normalized spacial score (nSPS) is 20.2. The summed E-state index contributed by atoms with van der Waals surface area (Å²) in [7, 11) is 0. The number of carbonyl (C=O) groups is 1. The summed E-state index contributed by atoms with van der Waals surface area (Å²) in [6.45, 7) is 8.91. The van der Waals surface area contributed by atoms with E-state index in [-0.39, 0.29) is 18.1 Å². The Balaban J connectivity index is 0.00000151. The van der Waals surface area contributed by atoms with Gasteiger partial charge in [0.05, 0.1) is 0 Å². The van der Waals surface area contributed by atoms with E-state index in [1.54, 1.807) is 0 Å². The van der Waals surface area contributed by atoms with Crippen molar-refractivity contribution in [3.05, 3.63) is 41.5 Å². The molecule has 2 atom stereocenters. The molecule has 140 valence electrons. The molecule has 0 radical (unpaired) electrons. The molecule has 0 saturated carbocycles. The molecule has 5 nitrogen and oxygen atoms in total. The molecule has 2 rings (SSSR count). The van der Waals surface area contributed by atoms with Crippen LogP contribution in [-0.4, -0.2) is 29.7 Å². The van der Waals surface area contributed by atoms with Gasteiger partial charge >= 0.3 is 0 Å². The minimum Gasteiger partial charge on any atom is -0.396 e. The molecule has 2 unspecified atom stereocenters. The van der Waals surface area contributed by atoms with Gasteiger partial charge in [-0.15, -0.1) is 0 Å². The number of benzene rings is 1. The summed E-state index contributed by atoms with van der Waals surface area (Å²) in [5.74, 6) is -0.160. The first-order valence-corrected chi connectivity index (χ1v) is 9.12. The van der Waals surface area contributed by atoms with Gasteiger partial charge < -0.3 is 21.5 Å². The maximum atomic E-state index is 12.6. The summed E-state index contributed by atoms with van der Waals surface area (Å²) < 4.78 is 0. The van der Waals surface area contributed by atoms with E-state index in [1.807, 2.05) is 38.1 Å². The fourth-order valence-corrected chi connectivity index (χ4v) is 3.00. The molecule has 0 fully saturated rings. The molecule has 0 aromatic heterocycles. The Morgan fingerprint density at radius 2 is 2.04 bits per heavy atom. The van der Waals surface area contributed by atoms with Crippen molar-refractivity contribution in [2.24, 2.45) is 5.73 Å². The molecule has 0 aliphatic heterocycles. The minimum absolute atomic E-state index is 0.131. The van der Waals surface area contributed by atoms with E-state index in [0.717, 1.165) is 24.1 Å². The van der Waals surface area contributed by atoms with Crippen molar-refractivity contribution in [3.63, 3.8) is 0 Å². The molecule has 0 heterocycles. The number of hydrogen-bond acceptors (Lipinski definition) is 4. The Kier molecular flexibility index (Phi) is 8.66. The molecule has 5 N–H and O–H groups in total. The van der Waals surface area contributed by atoms with Gasteiger partial charge in [-0.05, 0) is 39.2 Å². The third-order valence-electron chi connectivity index (χ3n) is 4.22. The van der Waals surface area contributed by atoms with Gasteiger partial charge in [0.15, 0.2) is 0 Å². The number of aliphatic hydroxyl groups excluding tert-OH is 1. The lowest BCUT2D eigenvalue weighted by atomic mass is 9.96. The highest BCUT2D eigenvalue weighted by Gasteiger charge is 2.32. The fraction of sp³-hybridized carbons (Fsp3) is 0.550. The van der Waals surface area contributed by atoms with E-state index >= 15 is 0 Å². The first kappa shape index (κ1) is 21.2. The van der Waals surface area contributed by atoms with Crippen LogP contribution in [0.3, 0.4) is 0 Å². The highest BCUT2D eigenvalue weighted by molar-refractivity contribution is 5.85. The lowest BCUT2D eigenvalue weighted by Gasteiger charge is -2.28. The number of nitrogens with one attached hydrogen (secondary N) is 2. The van der Waals surface area contributed by atoms with Crippen LogP contribution in [0.25, 0.3) is 0 Å². The fourth-order valence-electron chi connectivity index (χ4n) is 3.00. The first-order chi connectivity index (χ1) is 11.9. The summed E-state index contributed by atoms with van der Waals surface area (Å²) >= 11 is 0. The summed E-state index contributed by atoms with van der Waals surface area (Å²) in [5.41, 5.74) is 8.87. The molecule has 1 aromatic rings. The first-order valence-electron chi connectivity index (χ1n) is 9.12. The molecule has 0 saturated heterocycles. The Hall–Kier alpha value is -1.85. The SMILES string of the molecule is CC.CC1=CCC(C)(NC(=O)C(N)c2ccccc2NCCCO)C1. The Morgan fingerprint density at radius 1 is 1.36 bits per heavy atom. The number of nitrogens with two attached hydrogens (primary N) is 1. The van der Waals surface area contributed by atoms with E-state index in [2.05, 4.69) is 30.6 Å². The summed E-state index contributed by atoms with van der Waals surface area (Å²) in [5, 5.41) is 15.2. The van der Waals surface area contributed by atoms with E-state index in [4.69, 9.17) is 10.8 Å². The van der Waals surface area contributed by atoms with Crippen LogP contribution < -0.4 is 16.4 Å². The molecule has 1 amide bonds. The quantitative estimate of drug-likeness (QED) is 0.451. The minimum atomic E-state index is -0.717. The summed E-state index contributed by atoms with van der Waals surface area (Å²) in [4.78, 5) is 12.6. The average Bonchev–Trinajstić information content (AvgIpc) is 2.95. The van der Waals surface area contributed by atoms with Crippen LogP contribution >= 0.6 is 0 Å². The van der Waals surface area contributed by atoms with Gasteiger partial charge in [0.2, 0.25) is 5.91 Å². The van der Waals surface area contributed by atoms with Crippen molar-refractivity contribution >= 4 is 11.6 Å². The second-order valence-electron chi connectivity index (χ2n) is 6.55. The lowest BCUT2D eigenvalue weighted by molar-refractivity contribution is -0.124. The van der Waals surface area contributed by atoms with Gasteiger partial charge in [-0.3, -0.25) is 4.79 Å². The lowest BCUT2D eigenvalue weighted by Crippen LogP contribution is -2.48. The van der Waals surface area contributed by atoms with Gasteiger partial charge in [0, 0.05) is 29.9 Å². The maximum Gasteiger partial charge on any atom is 0.242 e. The van der Waals surface area contributed by atoms with E-state index < -0.39 is 6.04 Å². The monoisotopic (exact) mass is 347 g/mol. The second-order valence-corrected chi connectivity index (χ2v) is 6.55. The molecule has 25 heavy (non-hydrogen) atoms. The number of hydrogen-bond donors (Lipinski definition) is 4. The van der Waals surface area contributed by atoms with Crippen molar-refractivity contribution in [1.29, 1.82) is 0 Å². The van der Waals surface area contributed by atoms with Crippen LogP contribution in [0.2, 0.25) is 0 Å². The molecule has 1 aliphatic carbocycles. The van der Waals surface area contributed by atoms with Gasteiger partial charge in [-0.1, -0.05) is 43.7 Å². The zero-order chi connectivity index (χ0) is 18.9. The average molecular weight is 348 g/mol. The molecular weight excluding hydrogens is 314 g/mol. The van der Waals surface area contributed by atoms with E-state index in [9.17, 15) is 4.79 Å². The van der Waals surface area contributed by atoms with Gasteiger partial charge in [0.25, 0.3) is 0 Å². The highest BCUT2D eigenvalue weighted by Crippen LogP contribution is 2.29. The largest absolute Gasteiger partial charge is 0.396 e. The van der Waals surface area contributed by atoms with E-state index in [1.165, 1.54) is 5.57 Å². The van der Waals surface area contributed by atoms with Crippen LogP contribution in [0.4, 0.5) is 5.69 Å². The Bertz CT molecular complexity index is 586. The Labute approximate surface area is 151 Å². The van der Waals surface area contributed by atoms with Crippen LogP contribution in [0.15, 0.2) is 35.9 Å². The smallest absolute Gasteiger partial charge is 0.242 e. The number of rotatable bonds is 7. The standard InChI is InChI=1S/C18H27N3O2.C2H6/c1-13-8-9-18(2,12-13)21-17(23)16(19)14-6-3-4-7-15(14)20-10-5-11-22;1-2/h3-4,6-8,16,20,22H,5,9-12,19H2,1-2H3,(H,21,23);1-2H3. The van der Waals surface area contributed by atoms with Crippen molar-refractivity contribution in [2.45, 2.75) is 58.5 Å². The van der Waals surface area contributed by atoms with E-state index in [0.29, 0.717) is 13.0 Å². The molecule has 5 heteroatoms. The molecule has 1 aromatic carbocycles. The van der Waals surface area contributed by atoms with Gasteiger partial charge in [-0.25, -0.2) is 0 Å². The summed E-state index contributed by atoms with van der Waals surface area (Å²) in [6.07, 6.45) is 4.52.